The Morgan fingerprint density at radius 3 is 2.93 bits per heavy atom. The van der Waals surface area contributed by atoms with Gasteiger partial charge >= 0.3 is 0 Å². The van der Waals surface area contributed by atoms with Crippen LogP contribution in [0.1, 0.15) is 16.1 Å². The third-order valence-electron chi connectivity index (χ3n) is 4.80. The Labute approximate surface area is 165 Å². The monoisotopic (exact) mass is 391 g/mol. The molecule has 7 heteroatoms. The molecule has 140 valence electrons. The first kappa shape index (κ1) is 16.8. The van der Waals surface area contributed by atoms with Gasteiger partial charge in [-0.25, -0.2) is 4.98 Å². The highest BCUT2D eigenvalue weighted by Gasteiger charge is 2.16. The van der Waals surface area contributed by atoms with Gasteiger partial charge in [-0.05, 0) is 29.8 Å². The summed E-state index contributed by atoms with van der Waals surface area (Å²) in [5, 5.41) is 6.69. The van der Waals surface area contributed by atoms with Gasteiger partial charge in [-0.1, -0.05) is 24.3 Å². The number of ether oxygens (including phenoxy) is 2. The maximum Gasteiger partial charge on any atom is 0.271 e. The summed E-state index contributed by atoms with van der Waals surface area (Å²) in [6.45, 7) is 0.636. The molecule has 1 aliphatic rings. The Kier molecular flexibility index (Phi) is 4.02. The molecule has 0 unspecified atom stereocenters. The number of hydrogen-bond donors (Lipinski definition) is 1. The lowest BCUT2D eigenvalue weighted by molar-refractivity contribution is 0.0946. The van der Waals surface area contributed by atoms with E-state index in [4.69, 9.17) is 9.47 Å². The van der Waals surface area contributed by atoms with E-state index >= 15 is 0 Å². The number of carbonyl (C=O) groups excluding carboxylic acids is 1. The van der Waals surface area contributed by atoms with E-state index < -0.39 is 0 Å². The number of fused-ring (bicyclic) bond motifs is 2. The van der Waals surface area contributed by atoms with Gasteiger partial charge in [0, 0.05) is 29.9 Å². The lowest BCUT2D eigenvalue weighted by atomic mass is 10.2. The van der Waals surface area contributed by atoms with Gasteiger partial charge in [0.2, 0.25) is 6.79 Å². The highest BCUT2D eigenvalue weighted by Crippen LogP contribution is 2.32. The third kappa shape index (κ3) is 2.90. The van der Waals surface area contributed by atoms with Crippen molar-refractivity contribution in [3.8, 4) is 22.2 Å². The first-order chi connectivity index (χ1) is 13.7. The fraction of sp³-hybridized carbons (Fsp3) is 0.143. The van der Waals surface area contributed by atoms with Crippen LogP contribution in [0.25, 0.3) is 21.6 Å². The van der Waals surface area contributed by atoms with Gasteiger partial charge < -0.3 is 19.4 Å². The van der Waals surface area contributed by atoms with Gasteiger partial charge in [-0.15, -0.1) is 11.3 Å². The van der Waals surface area contributed by atoms with Crippen LogP contribution in [0, 0.1) is 0 Å². The van der Waals surface area contributed by atoms with Gasteiger partial charge in [-0.2, -0.15) is 0 Å². The standard InChI is InChI=1S/C21H17N3O3S/c1-24-16-5-3-2-4-14(16)9-17(24)21-23-15(11-28-21)20(25)22-10-13-6-7-18-19(8-13)27-12-26-18/h2-9,11H,10,12H2,1H3,(H,22,25). The molecule has 0 atom stereocenters. The maximum atomic E-state index is 12.5. The summed E-state index contributed by atoms with van der Waals surface area (Å²) in [6, 6.07) is 15.9. The summed E-state index contributed by atoms with van der Waals surface area (Å²) in [6.07, 6.45) is 0. The third-order valence-corrected chi connectivity index (χ3v) is 5.66. The molecule has 0 fully saturated rings. The molecule has 1 aliphatic heterocycles. The van der Waals surface area contributed by atoms with Crippen molar-refractivity contribution in [2.45, 2.75) is 6.54 Å². The Morgan fingerprint density at radius 2 is 2.04 bits per heavy atom. The minimum Gasteiger partial charge on any atom is -0.454 e. The first-order valence-electron chi connectivity index (χ1n) is 8.86. The number of thiazole rings is 1. The number of nitrogens with one attached hydrogen (secondary N) is 1. The van der Waals surface area contributed by atoms with Gasteiger partial charge in [0.25, 0.3) is 5.91 Å². The van der Waals surface area contributed by atoms with E-state index in [1.165, 1.54) is 11.3 Å². The van der Waals surface area contributed by atoms with Crippen molar-refractivity contribution in [3.05, 3.63) is 65.2 Å². The van der Waals surface area contributed by atoms with E-state index in [0.717, 1.165) is 32.9 Å². The van der Waals surface area contributed by atoms with Gasteiger partial charge in [0.15, 0.2) is 11.5 Å². The van der Waals surface area contributed by atoms with E-state index in [9.17, 15) is 4.79 Å². The van der Waals surface area contributed by atoms with Gasteiger partial charge in [-0.3, -0.25) is 4.79 Å². The SMILES string of the molecule is Cn1c(-c2nc(C(=O)NCc3ccc4c(c3)OCO4)cs2)cc2ccccc21. The average Bonchev–Trinajstić information content (AvgIpc) is 3.44. The smallest absolute Gasteiger partial charge is 0.271 e. The molecular weight excluding hydrogens is 374 g/mol. The second-order valence-corrected chi connectivity index (χ2v) is 7.41. The summed E-state index contributed by atoms with van der Waals surface area (Å²) >= 11 is 1.47. The summed E-state index contributed by atoms with van der Waals surface area (Å²) in [5.74, 6) is 1.24. The number of amides is 1. The summed E-state index contributed by atoms with van der Waals surface area (Å²) < 4.78 is 12.8. The molecule has 4 aromatic rings. The normalized spacial score (nSPS) is 12.5. The largest absolute Gasteiger partial charge is 0.454 e. The fourth-order valence-electron chi connectivity index (χ4n) is 3.31. The Morgan fingerprint density at radius 1 is 1.18 bits per heavy atom. The van der Waals surface area contributed by atoms with Crippen LogP contribution in [-0.4, -0.2) is 22.3 Å². The van der Waals surface area contributed by atoms with E-state index in [2.05, 4.69) is 33.1 Å². The van der Waals surface area contributed by atoms with Crippen LogP contribution in [-0.2, 0) is 13.6 Å². The van der Waals surface area contributed by atoms with E-state index in [1.807, 2.05) is 37.4 Å². The Hall–Kier alpha value is -3.32. The fourth-order valence-corrected chi connectivity index (χ4v) is 4.16. The van der Waals surface area contributed by atoms with Crippen LogP contribution in [0.5, 0.6) is 11.5 Å². The number of aromatic nitrogens is 2. The van der Waals surface area contributed by atoms with Crippen molar-refractivity contribution in [2.75, 3.05) is 6.79 Å². The highest BCUT2D eigenvalue weighted by molar-refractivity contribution is 7.13. The Balaban J connectivity index is 1.32. The molecule has 5 rings (SSSR count). The molecule has 6 nitrogen and oxygen atoms in total. The lowest BCUT2D eigenvalue weighted by Gasteiger charge is -2.05. The zero-order valence-corrected chi connectivity index (χ0v) is 16.0. The number of carbonyl (C=O) groups is 1. The lowest BCUT2D eigenvalue weighted by Crippen LogP contribution is -2.23. The molecule has 1 amide bonds. The molecule has 2 aromatic carbocycles. The van der Waals surface area contributed by atoms with Crippen LogP contribution in [0.4, 0.5) is 0 Å². The molecular formula is C21H17N3O3S. The summed E-state index contributed by atoms with van der Waals surface area (Å²) in [5.41, 5.74) is 3.51. The highest BCUT2D eigenvalue weighted by atomic mass is 32.1. The molecule has 3 heterocycles. The maximum absolute atomic E-state index is 12.5. The van der Waals surface area contributed by atoms with Crippen LogP contribution < -0.4 is 14.8 Å². The second kappa shape index (κ2) is 6.69. The average molecular weight is 391 g/mol. The van der Waals surface area contributed by atoms with Crippen LogP contribution in [0.3, 0.4) is 0 Å². The van der Waals surface area contributed by atoms with Crippen molar-refractivity contribution in [1.29, 1.82) is 0 Å². The summed E-state index contributed by atoms with van der Waals surface area (Å²) in [7, 11) is 2.01. The molecule has 28 heavy (non-hydrogen) atoms. The number of aryl methyl sites for hydroxylation is 1. The molecule has 0 saturated carbocycles. The second-order valence-electron chi connectivity index (χ2n) is 6.56. The number of hydrogen-bond acceptors (Lipinski definition) is 5. The number of benzene rings is 2. The predicted octanol–water partition coefficient (Wildman–Crippen LogP) is 3.96. The van der Waals surface area contributed by atoms with Crippen LogP contribution >= 0.6 is 11.3 Å². The van der Waals surface area contributed by atoms with E-state index in [1.54, 1.807) is 5.38 Å². The van der Waals surface area contributed by atoms with Crippen molar-refractivity contribution >= 4 is 28.1 Å². The number of nitrogens with zero attached hydrogens (tertiary/aromatic N) is 2. The zero-order chi connectivity index (χ0) is 19.1. The summed E-state index contributed by atoms with van der Waals surface area (Å²) in [4.78, 5) is 17.1. The number of rotatable bonds is 4. The van der Waals surface area contributed by atoms with Crippen LogP contribution in [0.15, 0.2) is 53.9 Å². The van der Waals surface area contributed by atoms with Gasteiger partial charge in [0.05, 0.1) is 5.69 Å². The molecule has 0 aliphatic carbocycles. The Bertz CT molecular complexity index is 1190. The van der Waals surface area contributed by atoms with E-state index in [0.29, 0.717) is 18.0 Å². The molecule has 0 saturated heterocycles. The van der Waals surface area contributed by atoms with Crippen molar-refractivity contribution < 1.29 is 14.3 Å². The molecule has 0 radical (unpaired) electrons. The first-order valence-corrected chi connectivity index (χ1v) is 9.74. The molecule has 1 N–H and O–H groups in total. The van der Waals surface area contributed by atoms with E-state index in [-0.39, 0.29) is 12.7 Å². The minimum atomic E-state index is -0.195. The van der Waals surface area contributed by atoms with Crippen LogP contribution in [0.2, 0.25) is 0 Å². The van der Waals surface area contributed by atoms with Gasteiger partial charge in [0.1, 0.15) is 10.7 Å². The van der Waals surface area contributed by atoms with Crippen molar-refractivity contribution in [1.82, 2.24) is 14.9 Å². The molecule has 0 spiro atoms. The number of para-hydroxylation sites is 1. The molecule has 0 bridgehead atoms. The quantitative estimate of drug-likeness (QED) is 0.572. The van der Waals surface area contributed by atoms with Crippen molar-refractivity contribution in [3.63, 3.8) is 0 Å². The van der Waals surface area contributed by atoms with Crippen molar-refractivity contribution in [2.24, 2.45) is 7.05 Å². The zero-order valence-electron chi connectivity index (χ0n) is 15.1. The predicted molar refractivity (Wildman–Crippen MR) is 108 cm³/mol. The minimum absolute atomic E-state index is 0.195. The molecule has 2 aromatic heterocycles. The topological polar surface area (TPSA) is 65.4 Å².